The molecule has 0 radical (unpaired) electrons. The number of nitrogens with zero attached hydrogens (tertiary/aromatic N) is 1. The van der Waals surface area contributed by atoms with Gasteiger partial charge in [0, 0.05) is 14.9 Å². The van der Waals surface area contributed by atoms with Crippen LogP contribution in [0.2, 0.25) is 0 Å². The molecule has 26 heavy (non-hydrogen) atoms. The summed E-state index contributed by atoms with van der Waals surface area (Å²) in [4.78, 5) is 26.5. The van der Waals surface area contributed by atoms with E-state index in [-0.39, 0.29) is 24.9 Å². The van der Waals surface area contributed by atoms with Crippen LogP contribution in [0.25, 0.3) is 0 Å². The Kier molecular flexibility index (Phi) is 8.06. The molecule has 0 spiro atoms. The largest absolute Gasteiger partial charge is 0.325 e. The zero-order valence-electron chi connectivity index (χ0n) is 15.1. The zero-order chi connectivity index (χ0) is 18.9. The van der Waals surface area contributed by atoms with Crippen molar-refractivity contribution in [3.63, 3.8) is 0 Å². The van der Waals surface area contributed by atoms with Crippen LogP contribution in [0.4, 0.5) is 11.4 Å². The highest BCUT2D eigenvalue weighted by Crippen LogP contribution is 2.14. The van der Waals surface area contributed by atoms with Crippen molar-refractivity contribution in [2.75, 3.05) is 30.3 Å². The van der Waals surface area contributed by atoms with Crippen molar-refractivity contribution in [3.8, 4) is 0 Å². The molecule has 0 saturated carbocycles. The fourth-order valence-corrected chi connectivity index (χ4v) is 3.15. The molecular formula is C20H24IN3O2. The number of carbonyl (C=O) groups is 2. The first-order valence-corrected chi connectivity index (χ1v) is 9.69. The minimum atomic E-state index is -0.121. The highest BCUT2D eigenvalue weighted by atomic mass is 127. The Morgan fingerprint density at radius 2 is 1.69 bits per heavy atom. The molecule has 5 nitrogen and oxygen atoms in total. The van der Waals surface area contributed by atoms with E-state index < -0.39 is 0 Å². The van der Waals surface area contributed by atoms with Gasteiger partial charge in [-0.3, -0.25) is 14.5 Å². The van der Waals surface area contributed by atoms with E-state index in [0.29, 0.717) is 6.54 Å². The number of halogens is 1. The van der Waals surface area contributed by atoms with Gasteiger partial charge in [0.2, 0.25) is 11.8 Å². The molecule has 0 aromatic heterocycles. The van der Waals surface area contributed by atoms with E-state index in [9.17, 15) is 9.59 Å². The van der Waals surface area contributed by atoms with Crippen LogP contribution in [-0.2, 0) is 9.59 Å². The second kappa shape index (κ2) is 10.3. The lowest BCUT2D eigenvalue weighted by molar-refractivity contribution is -0.120. The summed E-state index contributed by atoms with van der Waals surface area (Å²) >= 11 is 2.21. The Balaban J connectivity index is 1.92. The fourth-order valence-electron chi connectivity index (χ4n) is 2.61. The molecule has 0 saturated heterocycles. The molecule has 2 aromatic carbocycles. The summed E-state index contributed by atoms with van der Waals surface area (Å²) < 4.78 is 1.06. The summed E-state index contributed by atoms with van der Waals surface area (Å²) in [6.07, 6.45) is 0.869. The van der Waals surface area contributed by atoms with Gasteiger partial charge < -0.3 is 10.6 Å². The van der Waals surface area contributed by atoms with Crippen molar-refractivity contribution in [1.29, 1.82) is 0 Å². The molecular weight excluding hydrogens is 441 g/mol. The molecule has 0 fully saturated rings. The number of hydrogen-bond acceptors (Lipinski definition) is 3. The number of rotatable bonds is 8. The van der Waals surface area contributed by atoms with E-state index in [1.165, 1.54) is 0 Å². The van der Waals surface area contributed by atoms with Crippen molar-refractivity contribution in [2.45, 2.75) is 20.3 Å². The second-order valence-electron chi connectivity index (χ2n) is 6.13. The smallest absolute Gasteiger partial charge is 0.238 e. The lowest BCUT2D eigenvalue weighted by Crippen LogP contribution is -2.39. The van der Waals surface area contributed by atoms with Gasteiger partial charge in [-0.1, -0.05) is 31.2 Å². The normalized spacial score (nSPS) is 10.6. The average Bonchev–Trinajstić information content (AvgIpc) is 2.57. The Hall–Kier alpha value is -1.93. The molecule has 2 aromatic rings. The third-order valence-corrected chi connectivity index (χ3v) is 4.47. The van der Waals surface area contributed by atoms with Crippen LogP contribution in [0.1, 0.15) is 18.9 Å². The summed E-state index contributed by atoms with van der Waals surface area (Å²) in [5.74, 6) is -0.237. The van der Waals surface area contributed by atoms with E-state index in [2.05, 4.69) is 33.2 Å². The topological polar surface area (TPSA) is 61.4 Å². The summed E-state index contributed by atoms with van der Waals surface area (Å²) in [5, 5.41) is 5.80. The summed E-state index contributed by atoms with van der Waals surface area (Å²) in [6.45, 7) is 5.03. The van der Waals surface area contributed by atoms with Gasteiger partial charge in [0.05, 0.1) is 13.1 Å². The molecule has 6 heteroatoms. The van der Waals surface area contributed by atoms with Gasteiger partial charge in [-0.25, -0.2) is 0 Å². The van der Waals surface area contributed by atoms with Crippen molar-refractivity contribution in [1.82, 2.24) is 4.90 Å². The van der Waals surface area contributed by atoms with Gasteiger partial charge in [0.1, 0.15) is 0 Å². The van der Waals surface area contributed by atoms with Gasteiger partial charge >= 0.3 is 0 Å². The minimum absolute atomic E-state index is 0.116. The molecule has 0 unspecified atom stereocenters. The first kappa shape index (κ1) is 20.4. The number of anilines is 2. The van der Waals surface area contributed by atoms with E-state index in [1.807, 2.05) is 67.3 Å². The van der Waals surface area contributed by atoms with Gasteiger partial charge in [0.15, 0.2) is 0 Å². The number of hydrogen-bond donors (Lipinski definition) is 2. The SMILES string of the molecule is CCCN(CC(=O)Nc1cccc(I)c1)CC(=O)Nc1ccccc1C. The lowest BCUT2D eigenvalue weighted by atomic mass is 10.2. The van der Waals surface area contributed by atoms with Crippen LogP contribution in [0.3, 0.4) is 0 Å². The summed E-state index contributed by atoms with van der Waals surface area (Å²) in [7, 11) is 0. The molecule has 0 atom stereocenters. The zero-order valence-corrected chi connectivity index (χ0v) is 17.2. The van der Waals surface area contributed by atoms with Crippen molar-refractivity contribution in [3.05, 3.63) is 57.7 Å². The quantitative estimate of drug-likeness (QED) is 0.582. The highest BCUT2D eigenvalue weighted by Gasteiger charge is 2.15. The maximum absolute atomic E-state index is 12.3. The van der Waals surface area contributed by atoms with E-state index in [1.54, 1.807) is 0 Å². The first-order chi connectivity index (χ1) is 12.5. The van der Waals surface area contributed by atoms with Crippen molar-refractivity contribution < 1.29 is 9.59 Å². The second-order valence-corrected chi connectivity index (χ2v) is 7.38. The minimum Gasteiger partial charge on any atom is -0.325 e. The Morgan fingerprint density at radius 1 is 1.00 bits per heavy atom. The van der Waals surface area contributed by atoms with E-state index >= 15 is 0 Å². The fraction of sp³-hybridized carbons (Fsp3) is 0.300. The predicted molar refractivity (Wildman–Crippen MR) is 114 cm³/mol. The lowest BCUT2D eigenvalue weighted by Gasteiger charge is -2.21. The molecule has 138 valence electrons. The third-order valence-electron chi connectivity index (χ3n) is 3.80. The van der Waals surface area contributed by atoms with Gasteiger partial charge in [-0.05, 0) is 72.3 Å². The first-order valence-electron chi connectivity index (χ1n) is 8.61. The molecule has 2 N–H and O–H groups in total. The number of benzene rings is 2. The summed E-state index contributed by atoms with van der Waals surface area (Å²) in [5.41, 5.74) is 2.58. The Bertz CT molecular complexity index is 764. The molecule has 0 bridgehead atoms. The van der Waals surface area contributed by atoms with Crippen molar-refractivity contribution in [2.24, 2.45) is 0 Å². The van der Waals surface area contributed by atoms with Crippen LogP contribution in [0.15, 0.2) is 48.5 Å². The molecule has 0 aliphatic heterocycles. The van der Waals surface area contributed by atoms with E-state index in [0.717, 1.165) is 26.9 Å². The van der Waals surface area contributed by atoms with Gasteiger partial charge in [-0.15, -0.1) is 0 Å². The van der Waals surface area contributed by atoms with Crippen LogP contribution in [-0.4, -0.2) is 36.3 Å². The Labute approximate surface area is 168 Å². The maximum atomic E-state index is 12.3. The number of nitrogens with one attached hydrogen (secondary N) is 2. The maximum Gasteiger partial charge on any atom is 0.238 e. The summed E-state index contributed by atoms with van der Waals surface area (Å²) in [6, 6.07) is 15.3. The molecule has 2 rings (SSSR count). The van der Waals surface area contributed by atoms with Gasteiger partial charge in [-0.2, -0.15) is 0 Å². The van der Waals surface area contributed by atoms with Crippen LogP contribution < -0.4 is 10.6 Å². The van der Waals surface area contributed by atoms with Crippen molar-refractivity contribution >= 4 is 45.8 Å². The molecule has 2 amide bonds. The predicted octanol–water partition coefficient (Wildman–Crippen LogP) is 3.89. The molecule has 0 heterocycles. The third kappa shape index (κ3) is 6.76. The van der Waals surface area contributed by atoms with Crippen LogP contribution in [0.5, 0.6) is 0 Å². The monoisotopic (exact) mass is 465 g/mol. The highest BCUT2D eigenvalue weighted by molar-refractivity contribution is 14.1. The standard InChI is InChI=1S/C20H24IN3O2/c1-3-11-24(13-19(25)22-17-9-6-8-16(21)12-17)14-20(26)23-18-10-5-4-7-15(18)2/h4-10,12H,3,11,13-14H2,1-2H3,(H,22,25)(H,23,26). The Morgan fingerprint density at radius 3 is 2.35 bits per heavy atom. The number of amides is 2. The number of para-hydroxylation sites is 1. The number of carbonyl (C=O) groups excluding carboxylic acids is 2. The molecule has 0 aliphatic carbocycles. The van der Waals surface area contributed by atoms with Crippen LogP contribution in [0, 0.1) is 10.5 Å². The average molecular weight is 465 g/mol. The molecule has 0 aliphatic rings. The van der Waals surface area contributed by atoms with Crippen LogP contribution >= 0.6 is 22.6 Å². The van der Waals surface area contributed by atoms with E-state index in [4.69, 9.17) is 0 Å². The van der Waals surface area contributed by atoms with Gasteiger partial charge in [0.25, 0.3) is 0 Å². The number of aryl methyl sites for hydroxylation is 1.